The Hall–Kier alpha value is -1.30. The van der Waals surface area contributed by atoms with E-state index < -0.39 is 29.6 Å². The number of carboxylic acids is 1. The average Bonchev–Trinajstić information content (AvgIpc) is 2.25. The van der Waals surface area contributed by atoms with Gasteiger partial charge in [-0.3, -0.25) is 4.79 Å². The molecule has 1 fully saturated rings. The molecule has 1 aliphatic heterocycles. The van der Waals surface area contributed by atoms with Crippen LogP contribution in [0.25, 0.3) is 0 Å². The van der Waals surface area contributed by atoms with Gasteiger partial charge in [-0.15, -0.1) is 0 Å². The second-order valence-corrected chi connectivity index (χ2v) is 5.51. The van der Waals surface area contributed by atoms with Crippen LogP contribution in [-0.2, 0) is 9.53 Å². The summed E-state index contributed by atoms with van der Waals surface area (Å²) in [5, 5.41) is 18.4. The second kappa shape index (κ2) is 5.56. The SMILES string of the molecule is CC(C)(C)OC(=O)N1CCC[C@H](C(=O)O)[C@@H]1CO. The van der Waals surface area contributed by atoms with E-state index in [1.54, 1.807) is 20.8 Å². The summed E-state index contributed by atoms with van der Waals surface area (Å²) in [5.74, 6) is -1.71. The van der Waals surface area contributed by atoms with Crippen LogP contribution in [0.15, 0.2) is 0 Å². The molecule has 0 aromatic heterocycles. The van der Waals surface area contributed by atoms with E-state index in [0.717, 1.165) is 0 Å². The minimum absolute atomic E-state index is 0.365. The van der Waals surface area contributed by atoms with Gasteiger partial charge in [0.15, 0.2) is 0 Å². The topological polar surface area (TPSA) is 87.1 Å². The molecule has 0 aliphatic carbocycles. The lowest BCUT2D eigenvalue weighted by molar-refractivity contribution is -0.146. The summed E-state index contributed by atoms with van der Waals surface area (Å²) in [5.41, 5.74) is -0.632. The lowest BCUT2D eigenvalue weighted by Crippen LogP contribution is -2.53. The van der Waals surface area contributed by atoms with Crippen LogP contribution in [0.1, 0.15) is 33.6 Å². The lowest BCUT2D eigenvalue weighted by atomic mass is 9.90. The number of rotatable bonds is 2. The number of aliphatic hydroxyl groups is 1. The average molecular weight is 259 g/mol. The van der Waals surface area contributed by atoms with Crippen molar-refractivity contribution in [1.82, 2.24) is 4.90 Å². The standard InChI is InChI=1S/C12H21NO5/c1-12(2,3)18-11(17)13-6-4-5-8(10(15)16)9(13)7-14/h8-9,14H,4-7H2,1-3H3,(H,15,16)/t8-,9-/m0/s1. The molecule has 2 N–H and O–H groups in total. The highest BCUT2D eigenvalue weighted by atomic mass is 16.6. The van der Waals surface area contributed by atoms with E-state index in [4.69, 9.17) is 9.84 Å². The number of aliphatic carboxylic acids is 1. The van der Waals surface area contributed by atoms with Crippen LogP contribution >= 0.6 is 0 Å². The van der Waals surface area contributed by atoms with Gasteiger partial charge < -0.3 is 19.8 Å². The van der Waals surface area contributed by atoms with Gasteiger partial charge in [-0.2, -0.15) is 0 Å². The van der Waals surface area contributed by atoms with E-state index in [0.29, 0.717) is 19.4 Å². The first-order chi connectivity index (χ1) is 8.26. The van der Waals surface area contributed by atoms with Gasteiger partial charge in [-0.25, -0.2) is 4.79 Å². The zero-order chi connectivity index (χ0) is 13.9. The fourth-order valence-corrected chi connectivity index (χ4v) is 2.12. The van der Waals surface area contributed by atoms with Gasteiger partial charge in [0.25, 0.3) is 0 Å². The highest BCUT2D eigenvalue weighted by molar-refractivity contribution is 5.74. The normalized spacial score (nSPS) is 24.8. The van der Waals surface area contributed by atoms with Crippen molar-refractivity contribution in [3.63, 3.8) is 0 Å². The quantitative estimate of drug-likeness (QED) is 0.774. The molecule has 18 heavy (non-hydrogen) atoms. The van der Waals surface area contributed by atoms with Crippen LogP contribution in [0.2, 0.25) is 0 Å². The first kappa shape index (κ1) is 14.8. The number of aliphatic hydroxyl groups excluding tert-OH is 1. The molecule has 0 radical (unpaired) electrons. The number of carbonyl (C=O) groups is 2. The van der Waals surface area contributed by atoms with Crippen LogP contribution in [0.5, 0.6) is 0 Å². The highest BCUT2D eigenvalue weighted by Crippen LogP contribution is 2.25. The highest BCUT2D eigenvalue weighted by Gasteiger charge is 2.39. The Morgan fingerprint density at radius 3 is 2.44 bits per heavy atom. The predicted octanol–water partition coefficient (Wildman–Crippen LogP) is 1.08. The molecular formula is C12H21NO5. The van der Waals surface area contributed by atoms with Crippen molar-refractivity contribution >= 4 is 12.1 Å². The molecule has 1 saturated heterocycles. The second-order valence-electron chi connectivity index (χ2n) is 5.51. The molecule has 0 unspecified atom stereocenters. The predicted molar refractivity (Wildman–Crippen MR) is 64.2 cm³/mol. The molecule has 0 aromatic carbocycles. The van der Waals surface area contributed by atoms with Crippen LogP contribution in [0.4, 0.5) is 4.79 Å². The van der Waals surface area contributed by atoms with Gasteiger partial charge in [0.1, 0.15) is 5.60 Å². The first-order valence-corrected chi connectivity index (χ1v) is 6.09. The van der Waals surface area contributed by atoms with Crippen LogP contribution in [-0.4, -0.2) is 52.0 Å². The van der Waals surface area contributed by atoms with Gasteiger partial charge in [0.2, 0.25) is 0 Å². The van der Waals surface area contributed by atoms with Gasteiger partial charge in [-0.05, 0) is 33.6 Å². The van der Waals surface area contributed by atoms with Crippen molar-refractivity contribution in [2.75, 3.05) is 13.2 Å². The minimum Gasteiger partial charge on any atom is -0.481 e. The van der Waals surface area contributed by atoms with E-state index in [1.165, 1.54) is 4.90 Å². The summed E-state index contributed by atoms with van der Waals surface area (Å²) in [4.78, 5) is 24.4. The number of likely N-dealkylation sites (tertiary alicyclic amines) is 1. The molecule has 104 valence electrons. The Labute approximate surface area is 107 Å². The van der Waals surface area contributed by atoms with E-state index in [1.807, 2.05) is 0 Å². The zero-order valence-electron chi connectivity index (χ0n) is 11.0. The van der Waals surface area contributed by atoms with Crippen molar-refractivity contribution in [1.29, 1.82) is 0 Å². The summed E-state index contributed by atoms with van der Waals surface area (Å²) in [6.07, 6.45) is 0.513. The van der Waals surface area contributed by atoms with Crippen molar-refractivity contribution in [2.24, 2.45) is 5.92 Å². The Balaban J connectivity index is 2.79. The smallest absolute Gasteiger partial charge is 0.410 e. The van der Waals surface area contributed by atoms with Gasteiger partial charge in [0.05, 0.1) is 18.6 Å². The fraction of sp³-hybridized carbons (Fsp3) is 0.833. The summed E-state index contributed by atoms with van der Waals surface area (Å²) in [7, 11) is 0. The Morgan fingerprint density at radius 1 is 1.39 bits per heavy atom. The third-order valence-electron chi connectivity index (χ3n) is 2.91. The molecule has 6 nitrogen and oxygen atoms in total. The molecule has 2 atom stereocenters. The minimum atomic E-state index is -0.984. The molecule has 0 bridgehead atoms. The molecule has 1 rings (SSSR count). The van der Waals surface area contributed by atoms with Crippen molar-refractivity contribution in [3.05, 3.63) is 0 Å². The van der Waals surface area contributed by atoms with Crippen LogP contribution in [0, 0.1) is 5.92 Å². The number of hydrogen-bond acceptors (Lipinski definition) is 4. The van der Waals surface area contributed by atoms with E-state index in [9.17, 15) is 14.7 Å². The fourth-order valence-electron chi connectivity index (χ4n) is 2.12. The van der Waals surface area contributed by atoms with Gasteiger partial charge in [0, 0.05) is 6.54 Å². The maximum Gasteiger partial charge on any atom is 0.410 e. The molecule has 1 heterocycles. The molecule has 1 amide bonds. The molecule has 0 saturated carbocycles. The van der Waals surface area contributed by atoms with E-state index in [2.05, 4.69) is 0 Å². The first-order valence-electron chi connectivity index (χ1n) is 6.09. The third-order valence-corrected chi connectivity index (χ3v) is 2.91. The van der Waals surface area contributed by atoms with Crippen LogP contribution < -0.4 is 0 Å². The molecular weight excluding hydrogens is 238 g/mol. The Bertz CT molecular complexity index is 323. The largest absolute Gasteiger partial charge is 0.481 e. The Kier molecular flexibility index (Phi) is 4.56. The molecule has 6 heteroatoms. The lowest BCUT2D eigenvalue weighted by Gasteiger charge is -2.39. The third kappa shape index (κ3) is 3.60. The number of piperidine rings is 1. The number of hydrogen-bond donors (Lipinski definition) is 2. The number of ether oxygens (including phenoxy) is 1. The number of carboxylic acid groups (broad SMARTS) is 1. The summed E-state index contributed by atoms with van der Waals surface area (Å²) < 4.78 is 5.22. The molecule has 0 aromatic rings. The van der Waals surface area contributed by atoms with Crippen molar-refractivity contribution in [3.8, 4) is 0 Å². The Morgan fingerprint density at radius 2 is 2.00 bits per heavy atom. The van der Waals surface area contributed by atoms with Crippen molar-refractivity contribution in [2.45, 2.75) is 45.3 Å². The summed E-state index contributed by atoms with van der Waals surface area (Å²) in [6, 6.07) is -0.703. The van der Waals surface area contributed by atoms with Gasteiger partial charge >= 0.3 is 12.1 Å². The summed E-state index contributed by atoms with van der Waals surface area (Å²) >= 11 is 0. The van der Waals surface area contributed by atoms with E-state index in [-0.39, 0.29) is 6.61 Å². The van der Waals surface area contributed by atoms with Crippen LogP contribution in [0.3, 0.4) is 0 Å². The molecule has 1 aliphatic rings. The van der Waals surface area contributed by atoms with Gasteiger partial charge in [-0.1, -0.05) is 0 Å². The summed E-state index contributed by atoms with van der Waals surface area (Å²) in [6.45, 7) is 5.30. The number of nitrogens with zero attached hydrogens (tertiary/aromatic N) is 1. The maximum absolute atomic E-state index is 12.0. The van der Waals surface area contributed by atoms with E-state index >= 15 is 0 Å². The zero-order valence-corrected chi connectivity index (χ0v) is 11.0. The monoisotopic (exact) mass is 259 g/mol. The maximum atomic E-state index is 12.0. The van der Waals surface area contributed by atoms with Crippen molar-refractivity contribution < 1.29 is 24.5 Å². The molecule has 0 spiro atoms. The number of carbonyl (C=O) groups excluding carboxylic acids is 1. The number of amides is 1.